The molecule has 0 spiro atoms. The van der Waals surface area contributed by atoms with Crippen LogP contribution in [0.1, 0.15) is 24.5 Å². The summed E-state index contributed by atoms with van der Waals surface area (Å²) in [6.45, 7) is 5.83. The van der Waals surface area contributed by atoms with Crippen LogP contribution in [0.15, 0.2) is 23.1 Å². The molecule has 6 nitrogen and oxygen atoms in total. The molecule has 1 saturated heterocycles. The largest absolute Gasteiger partial charge is 0.455 e. The van der Waals surface area contributed by atoms with Crippen LogP contribution in [0.4, 0.5) is 0 Å². The zero-order valence-corrected chi connectivity index (χ0v) is 17.0. The van der Waals surface area contributed by atoms with Crippen LogP contribution in [0.2, 0.25) is 0 Å². The number of carbonyl (C=O) groups excluding carboxylic acids is 2. The van der Waals surface area contributed by atoms with E-state index >= 15 is 0 Å². The average Bonchev–Trinajstić information content (AvgIpc) is 2.92. The van der Waals surface area contributed by atoms with Crippen LogP contribution in [0.25, 0.3) is 0 Å². The molecule has 0 unspecified atom stereocenters. The fraction of sp³-hybridized carbons (Fsp3) is 0.556. The minimum Gasteiger partial charge on any atom is -0.455 e. The minimum atomic E-state index is -3.07. The van der Waals surface area contributed by atoms with Gasteiger partial charge in [0.1, 0.15) is 0 Å². The van der Waals surface area contributed by atoms with Crippen molar-refractivity contribution in [2.24, 2.45) is 0 Å². The lowest BCUT2D eigenvalue weighted by molar-refractivity contribution is -0.150. The number of hydrogen-bond donors (Lipinski definition) is 0. The summed E-state index contributed by atoms with van der Waals surface area (Å²) in [6.07, 6.45) is 0.443. The van der Waals surface area contributed by atoms with Gasteiger partial charge >= 0.3 is 5.97 Å². The molecule has 0 N–H and O–H groups in total. The molecule has 0 bridgehead atoms. The lowest BCUT2D eigenvalue weighted by atomic mass is 10.2. The van der Waals surface area contributed by atoms with Crippen molar-refractivity contribution in [1.29, 1.82) is 0 Å². The molecule has 0 radical (unpaired) electrons. The highest BCUT2D eigenvalue weighted by Gasteiger charge is 2.34. The van der Waals surface area contributed by atoms with Crippen LogP contribution in [0.3, 0.4) is 0 Å². The zero-order valence-electron chi connectivity index (χ0n) is 15.4. The van der Waals surface area contributed by atoms with Crippen LogP contribution in [-0.2, 0) is 24.2 Å². The number of nitrogens with zero attached hydrogens (tertiary/aromatic N) is 1. The number of benzene rings is 1. The van der Waals surface area contributed by atoms with Crippen LogP contribution < -0.4 is 0 Å². The van der Waals surface area contributed by atoms with Gasteiger partial charge in [0.25, 0.3) is 5.91 Å². The first-order valence-corrected chi connectivity index (χ1v) is 11.4. The number of rotatable bonds is 7. The molecule has 0 aliphatic carbocycles. The van der Waals surface area contributed by atoms with E-state index in [2.05, 4.69) is 0 Å². The van der Waals surface area contributed by atoms with E-state index in [0.29, 0.717) is 13.0 Å². The molecule has 1 aromatic rings. The highest BCUT2D eigenvalue weighted by molar-refractivity contribution is 8.00. The van der Waals surface area contributed by atoms with Crippen molar-refractivity contribution in [3.63, 3.8) is 0 Å². The topological polar surface area (TPSA) is 80.8 Å². The summed E-state index contributed by atoms with van der Waals surface area (Å²) < 4.78 is 28.3. The third-order valence-corrected chi connectivity index (χ3v) is 7.24. The van der Waals surface area contributed by atoms with Gasteiger partial charge < -0.3 is 9.64 Å². The summed E-state index contributed by atoms with van der Waals surface area (Å²) in [5.74, 6) is -0.587. The maximum atomic E-state index is 12.3. The van der Waals surface area contributed by atoms with Crippen molar-refractivity contribution < 1.29 is 22.7 Å². The second kappa shape index (κ2) is 8.90. The Morgan fingerprint density at radius 1 is 1.31 bits per heavy atom. The molecule has 8 heteroatoms. The molecule has 1 atom stereocenters. The summed E-state index contributed by atoms with van der Waals surface area (Å²) in [4.78, 5) is 26.7. The number of esters is 1. The lowest BCUT2D eigenvalue weighted by Gasteiger charge is -2.26. The fourth-order valence-electron chi connectivity index (χ4n) is 3.02. The SMILES string of the molecule is CCN(C(=O)COC(=O)CSc1ccc(C)cc1C)[C@H]1CCS(=O)(=O)C1. The Labute approximate surface area is 159 Å². The number of sulfone groups is 1. The molecule has 144 valence electrons. The summed E-state index contributed by atoms with van der Waals surface area (Å²) in [5, 5.41) is 0. The van der Waals surface area contributed by atoms with Gasteiger partial charge in [0.05, 0.1) is 17.3 Å². The van der Waals surface area contributed by atoms with Gasteiger partial charge in [-0.1, -0.05) is 17.7 Å². The van der Waals surface area contributed by atoms with E-state index in [0.717, 1.165) is 16.0 Å². The number of carbonyl (C=O) groups is 2. The van der Waals surface area contributed by atoms with Crippen molar-refractivity contribution >= 4 is 33.5 Å². The fourth-order valence-corrected chi connectivity index (χ4v) is 5.56. The van der Waals surface area contributed by atoms with Gasteiger partial charge in [0.2, 0.25) is 0 Å². The number of aryl methyl sites for hydroxylation is 2. The third-order valence-electron chi connectivity index (χ3n) is 4.34. The molecule has 1 aliphatic rings. The van der Waals surface area contributed by atoms with Crippen LogP contribution in [0.5, 0.6) is 0 Å². The van der Waals surface area contributed by atoms with E-state index in [-0.39, 0.29) is 35.8 Å². The monoisotopic (exact) mass is 399 g/mol. The van der Waals surface area contributed by atoms with Crippen LogP contribution >= 0.6 is 11.8 Å². The first-order chi connectivity index (χ1) is 12.2. The second-order valence-corrected chi connectivity index (χ2v) is 9.70. The van der Waals surface area contributed by atoms with Crippen molar-refractivity contribution in [3.8, 4) is 0 Å². The lowest BCUT2D eigenvalue weighted by Crippen LogP contribution is -2.43. The molecule has 0 saturated carbocycles. The summed E-state index contributed by atoms with van der Waals surface area (Å²) in [6, 6.07) is 5.68. The molecule has 26 heavy (non-hydrogen) atoms. The molecular formula is C18H25NO5S2. The highest BCUT2D eigenvalue weighted by Crippen LogP contribution is 2.23. The van der Waals surface area contributed by atoms with E-state index in [1.165, 1.54) is 16.7 Å². The summed E-state index contributed by atoms with van der Waals surface area (Å²) >= 11 is 1.38. The normalized spacial score (nSPS) is 18.5. The van der Waals surface area contributed by atoms with Gasteiger partial charge in [0, 0.05) is 17.5 Å². The van der Waals surface area contributed by atoms with Gasteiger partial charge in [-0.2, -0.15) is 0 Å². The number of ether oxygens (including phenoxy) is 1. The maximum absolute atomic E-state index is 12.3. The standard InChI is InChI=1S/C18H25NO5S2/c1-4-19(15-7-8-26(22,23)12-15)17(20)10-24-18(21)11-25-16-6-5-13(2)9-14(16)3/h5-6,9,15H,4,7-8,10-12H2,1-3H3/t15-/m0/s1. The second-order valence-electron chi connectivity index (χ2n) is 6.45. The zero-order chi connectivity index (χ0) is 19.3. The Bertz CT molecular complexity index is 776. The number of likely N-dealkylation sites (N-methyl/N-ethyl adjacent to an activating group) is 1. The van der Waals surface area contributed by atoms with Crippen molar-refractivity contribution in [2.75, 3.05) is 30.4 Å². The Balaban J connectivity index is 1.81. The van der Waals surface area contributed by atoms with Gasteiger partial charge in [-0.3, -0.25) is 9.59 Å². The predicted octanol–water partition coefficient (Wildman–Crippen LogP) is 1.97. The number of thioether (sulfide) groups is 1. The van der Waals surface area contributed by atoms with Crippen molar-refractivity contribution in [1.82, 2.24) is 4.90 Å². The van der Waals surface area contributed by atoms with Crippen LogP contribution in [0, 0.1) is 13.8 Å². The molecule has 1 heterocycles. The van der Waals surface area contributed by atoms with E-state index < -0.39 is 15.8 Å². The molecule has 1 amide bonds. The smallest absolute Gasteiger partial charge is 0.316 e. The van der Waals surface area contributed by atoms with E-state index in [4.69, 9.17) is 4.74 Å². The van der Waals surface area contributed by atoms with Gasteiger partial charge in [0.15, 0.2) is 16.4 Å². The summed E-state index contributed by atoms with van der Waals surface area (Å²) in [7, 11) is -3.07. The quantitative estimate of drug-likeness (QED) is 0.515. The van der Waals surface area contributed by atoms with E-state index in [1.54, 1.807) is 6.92 Å². The van der Waals surface area contributed by atoms with E-state index in [1.807, 2.05) is 32.0 Å². The summed E-state index contributed by atoms with van der Waals surface area (Å²) in [5.41, 5.74) is 2.26. The number of amides is 1. The van der Waals surface area contributed by atoms with Crippen LogP contribution in [-0.4, -0.2) is 61.6 Å². The number of hydrogen-bond acceptors (Lipinski definition) is 6. The van der Waals surface area contributed by atoms with Gasteiger partial charge in [-0.05, 0) is 38.8 Å². The van der Waals surface area contributed by atoms with E-state index in [9.17, 15) is 18.0 Å². The maximum Gasteiger partial charge on any atom is 0.316 e. The molecule has 2 rings (SSSR count). The van der Waals surface area contributed by atoms with Gasteiger partial charge in [-0.25, -0.2) is 8.42 Å². The molecule has 0 aromatic heterocycles. The first-order valence-electron chi connectivity index (χ1n) is 8.57. The van der Waals surface area contributed by atoms with Gasteiger partial charge in [-0.15, -0.1) is 11.8 Å². The third kappa shape index (κ3) is 5.74. The molecular weight excluding hydrogens is 374 g/mol. The Kier molecular flexibility index (Phi) is 7.11. The predicted molar refractivity (Wildman–Crippen MR) is 102 cm³/mol. The highest BCUT2D eigenvalue weighted by atomic mass is 32.2. The molecule has 1 fully saturated rings. The Morgan fingerprint density at radius 2 is 2.04 bits per heavy atom. The average molecular weight is 400 g/mol. The molecule has 1 aliphatic heterocycles. The van der Waals surface area contributed by atoms with Crippen molar-refractivity contribution in [3.05, 3.63) is 29.3 Å². The minimum absolute atomic E-state index is 0.0108. The first kappa shape index (κ1) is 20.8. The molecule has 1 aromatic carbocycles. The Hall–Kier alpha value is -1.54. The Morgan fingerprint density at radius 3 is 2.62 bits per heavy atom. The van der Waals surface area contributed by atoms with Crippen molar-refractivity contribution in [2.45, 2.75) is 38.1 Å².